The van der Waals surface area contributed by atoms with Crippen molar-refractivity contribution in [3.63, 3.8) is 0 Å². The normalized spacial score (nSPS) is 10.2. The van der Waals surface area contributed by atoms with Gasteiger partial charge >= 0.3 is 0 Å². The molecule has 0 saturated heterocycles. The number of carbonyl (C=O) groups excluding carboxylic acids is 1. The largest absolute Gasteiger partial charge is 0.293 e. The fraction of sp³-hybridized carbons (Fsp3) is 0.429. The van der Waals surface area contributed by atoms with Gasteiger partial charge in [0.05, 0.1) is 5.69 Å². The van der Waals surface area contributed by atoms with Gasteiger partial charge in [0.15, 0.2) is 11.6 Å². The van der Waals surface area contributed by atoms with E-state index in [4.69, 9.17) is 0 Å². The highest BCUT2D eigenvalue weighted by atomic mass is 19.1. The number of halogens is 1. The molecule has 0 fully saturated rings. The lowest BCUT2D eigenvalue weighted by Crippen LogP contribution is -2.04. The van der Waals surface area contributed by atoms with Gasteiger partial charge in [0.1, 0.15) is 5.69 Å². The van der Waals surface area contributed by atoms with Crippen LogP contribution in [0.1, 0.15) is 23.1 Å². The van der Waals surface area contributed by atoms with Crippen molar-refractivity contribution in [3.05, 3.63) is 17.2 Å². The summed E-state index contributed by atoms with van der Waals surface area (Å²) in [7, 11) is 1.55. The highest BCUT2D eigenvalue weighted by Gasteiger charge is 2.15. The van der Waals surface area contributed by atoms with Gasteiger partial charge in [-0.05, 0) is 6.92 Å². The lowest BCUT2D eigenvalue weighted by Gasteiger charge is -1.93. The predicted molar refractivity (Wildman–Crippen MR) is 37.9 cm³/mol. The Balaban J connectivity index is 3.34. The van der Waals surface area contributed by atoms with Crippen LogP contribution in [-0.4, -0.2) is 15.6 Å². The molecule has 1 aromatic rings. The molecule has 0 spiro atoms. The molecule has 0 atom stereocenters. The standard InChI is InChI=1S/C7H9FN2O/c1-4-6(8)7(5(2)11)10(3)9-4/h1-3H3. The highest BCUT2D eigenvalue weighted by Crippen LogP contribution is 2.10. The van der Waals surface area contributed by atoms with E-state index >= 15 is 0 Å². The van der Waals surface area contributed by atoms with Gasteiger partial charge in [0.2, 0.25) is 0 Å². The molecule has 60 valence electrons. The average Bonchev–Trinajstić information content (AvgIpc) is 2.07. The number of Topliss-reactive ketones (excluding diaryl/α,β-unsaturated/α-hetero) is 1. The third kappa shape index (κ3) is 1.15. The monoisotopic (exact) mass is 156 g/mol. The molecule has 0 amide bonds. The number of rotatable bonds is 1. The number of carbonyl (C=O) groups is 1. The summed E-state index contributed by atoms with van der Waals surface area (Å²) in [5.74, 6) is -0.814. The van der Waals surface area contributed by atoms with Gasteiger partial charge in [0.25, 0.3) is 0 Å². The number of aromatic nitrogens is 2. The second-order valence-corrected chi connectivity index (χ2v) is 2.43. The second-order valence-electron chi connectivity index (χ2n) is 2.43. The zero-order valence-corrected chi connectivity index (χ0v) is 6.68. The smallest absolute Gasteiger partial charge is 0.180 e. The maximum atomic E-state index is 13.0. The Labute approximate surface area is 63.8 Å². The van der Waals surface area contributed by atoms with Crippen LogP contribution in [0.5, 0.6) is 0 Å². The first-order valence-corrected chi connectivity index (χ1v) is 3.24. The Morgan fingerprint density at radius 3 is 2.36 bits per heavy atom. The van der Waals surface area contributed by atoms with Crippen molar-refractivity contribution in [2.75, 3.05) is 0 Å². The molecular formula is C7H9FN2O. The second kappa shape index (κ2) is 2.45. The van der Waals surface area contributed by atoms with Crippen LogP contribution >= 0.6 is 0 Å². The number of nitrogens with zero attached hydrogens (tertiary/aromatic N) is 2. The lowest BCUT2D eigenvalue weighted by molar-refractivity contribution is 0.100. The molecule has 0 N–H and O–H groups in total. The minimum Gasteiger partial charge on any atom is -0.293 e. The Kier molecular flexibility index (Phi) is 1.76. The van der Waals surface area contributed by atoms with Crippen LogP contribution in [0.3, 0.4) is 0 Å². The number of hydrogen-bond donors (Lipinski definition) is 0. The van der Waals surface area contributed by atoms with Crippen LogP contribution in [-0.2, 0) is 7.05 Å². The van der Waals surface area contributed by atoms with Crippen LogP contribution in [0, 0.1) is 12.7 Å². The zero-order chi connectivity index (χ0) is 8.59. The van der Waals surface area contributed by atoms with E-state index < -0.39 is 5.82 Å². The maximum absolute atomic E-state index is 13.0. The molecule has 0 aliphatic carbocycles. The Bertz CT molecular complexity index is 304. The molecule has 0 bridgehead atoms. The van der Waals surface area contributed by atoms with Crippen LogP contribution < -0.4 is 0 Å². The van der Waals surface area contributed by atoms with E-state index in [1.807, 2.05) is 0 Å². The molecule has 1 rings (SSSR count). The topological polar surface area (TPSA) is 34.9 Å². The summed E-state index contributed by atoms with van der Waals surface area (Å²) in [6.45, 7) is 2.85. The van der Waals surface area contributed by atoms with Crippen molar-refractivity contribution >= 4 is 5.78 Å². The summed E-state index contributed by atoms with van der Waals surface area (Å²) in [5.41, 5.74) is 0.306. The van der Waals surface area contributed by atoms with Gasteiger partial charge in [-0.25, -0.2) is 4.39 Å². The van der Waals surface area contributed by atoms with Crippen LogP contribution in [0.25, 0.3) is 0 Å². The molecule has 1 heterocycles. The fourth-order valence-electron chi connectivity index (χ4n) is 1.01. The molecule has 0 aliphatic rings. The first-order valence-electron chi connectivity index (χ1n) is 3.24. The van der Waals surface area contributed by atoms with Crippen LogP contribution in [0.4, 0.5) is 4.39 Å². The predicted octanol–water partition coefficient (Wildman–Crippen LogP) is 1.07. The maximum Gasteiger partial charge on any atom is 0.180 e. The average molecular weight is 156 g/mol. The summed E-state index contributed by atoms with van der Waals surface area (Å²) in [5, 5.41) is 3.75. The number of hydrogen-bond acceptors (Lipinski definition) is 2. The van der Waals surface area contributed by atoms with Crippen molar-refractivity contribution in [2.24, 2.45) is 7.05 Å². The van der Waals surface area contributed by atoms with Crippen LogP contribution in [0.15, 0.2) is 0 Å². The third-order valence-corrected chi connectivity index (χ3v) is 1.48. The van der Waals surface area contributed by atoms with Gasteiger partial charge in [-0.2, -0.15) is 5.10 Å². The molecule has 0 radical (unpaired) electrons. The molecule has 0 unspecified atom stereocenters. The van der Waals surface area contributed by atoms with Gasteiger partial charge in [-0.15, -0.1) is 0 Å². The Morgan fingerprint density at radius 2 is 2.18 bits per heavy atom. The van der Waals surface area contributed by atoms with Gasteiger partial charge in [-0.3, -0.25) is 9.48 Å². The van der Waals surface area contributed by atoms with Gasteiger partial charge in [-0.1, -0.05) is 0 Å². The van der Waals surface area contributed by atoms with E-state index in [9.17, 15) is 9.18 Å². The van der Waals surface area contributed by atoms with E-state index in [-0.39, 0.29) is 17.2 Å². The van der Waals surface area contributed by atoms with E-state index in [2.05, 4.69) is 5.10 Å². The van der Waals surface area contributed by atoms with E-state index in [0.717, 1.165) is 0 Å². The molecule has 4 heteroatoms. The summed E-state index contributed by atoms with van der Waals surface area (Å²) in [4.78, 5) is 10.8. The molecule has 0 aromatic carbocycles. The van der Waals surface area contributed by atoms with Crippen molar-refractivity contribution in [1.29, 1.82) is 0 Å². The molecular weight excluding hydrogens is 147 g/mol. The molecule has 1 aromatic heterocycles. The van der Waals surface area contributed by atoms with E-state index in [1.165, 1.54) is 18.5 Å². The number of aryl methyl sites for hydroxylation is 2. The van der Waals surface area contributed by atoms with E-state index in [1.54, 1.807) is 7.05 Å². The highest BCUT2D eigenvalue weighted by molar-refractivity contribution is 5.92. The fourth-order valence-corrected chi connectivity index (χ4v) is 1.01. The summed E-state index contributed by atoms with van der Waals surface area (Å²) >= 11 is 0. The zero-order valence-electron chi connectivity index (χ0n) is 6.68. The van der Waals surface area contributed by atoms with E-state index in [0.29, 0.717) is 0 Å². The third-order valence-electron chi connectivity index (χ3n) is 1.48. The summed E-state index contributed by atoms with van der Waals surface area (Å²) in [6, 6.07) is 0. The molecule has 0 saturated carbocycles. The van der Waals surface area contributed by atoms with Crippen LogP contribution in [0.2, 0.25) is 0 Å². The number of ketones is 1. The van der Waals surface area contributed by atoms with Gasteiger partial charge < -0.3 is 0 Å². The first kappa shape index (κ1) is 7.91. The summed E-state index contributed by atoms with van der Waals surface area (Å²) < 4.78 is 14.2. The summed E-state index contributed by atoms with van der Waals surface area (Å²) in [6.07, 6.45) is 0. The van der Waals surface area contributed by atoms with Gasteiger partial charge in [0, 0.05) is 14.0 Å². The molecule has 0 aliphatic heterocycles. The van der Waals surface area contributed by atoms with Crippen molar-refractivity contribution in [1.82, 2.24) is 9.78 Å². The minimum atomic E-state index is -0.514. The first-order chi connectivity index (χ1) is 5.04. The quantitative estimate of drug-likeness (QED) is 0.570. The van der Waals surface area contributed by atoms with Crippen molar-refractivity contribution in [2.45, 2.75) is 13.8 Å². The Hall–Kier alpha value is -1.19. The molecule has 11 heavy (non-hydrogen) atoms. The van der Waals surface area contributed by atoms with Crippen molar-refractivity contribution in [3.8, 4) is 0 Å². The Morgan fingerprint density at radius 1 is 1.64 bits per heavy atom. The lowest BCUT2D eigenvalue weighted by atomic mass is 10.3. The molecule has 3 nitrogen and oxygen atoms in total. The van der Waals surface area contributed by atoms with Crippen molar-refractivity contribution < 1.29 is 9.18 Å². The minimum absolute atomic E-state index is 0.0440. The SMILES string of the molecule is CC(=O)c1c(F)c(C)nn1C.